The van der Waals surface area contributed by atoms with E-state index in [4.69, 9.17) is 24.1 Å². The number of carboxylic acids is 1. The number of carboxylic acid groups (broad SMARTS) is 1. The lowest BCUT2D eigenvalue weighted by atomic mass is 9.86. The van der Waals surface area contributed by atoms with Crippen molar-refractivity contribution in [3.8, 4) is 0 Å². The van der Waals surface area contributed by atoms with Crippen LogP contribution in [0.1, 0.15) is 51.9 Å². The monoisotopic (exact) mass is 408 g/mol. The van der Waals surface area contributed by atoms with Crippen LogP contribution in [-0.2, 0) is 23.7 Å². The summed E-state index contributed by atoms with van der Waals surface area (Å²) >= 11 is 0. The van der Waals surface area contributed by atoms with Gasteiger partial charge in [-0.1, -0.05) is 23.8 Å². The van der Waals surface area contributed by atoms with Crippen molar-refractivity contribution in [2.75, 3.05) is 26.9 Å². The molecule has 6 unspecified atom stereocenters. The van der Waals surface area contributed by atoms with Gasteiger partial charge in [0.15, 0.2) is 6.29 Å². The molecule has 6 heteroatoms. The highest BCUT2D eigenvalue weighted by molar-refractivity contribution is 5.66. The molecule has 0 spiro atoms. The number of hydrogen-bond acceptors (Lipinski definition) is 5. The van der Waals surface area contributed by atoms with Gasteiger partial charge in [0, 0.05) is 26.1 Å². The molecule has 1 saturated heterocycles. The molecule has 1 aliphatic heterocycles. The maximum atomic E-state index is 10.7. The molecule has 2 aliphatic carbocycles. The summed E-state index contributed by atoms with van der Waals surface area (Å²) in [6.07, 6.45) is 12.6. The Morgan fingerprint density at radius 1 is 1.38 bits per heavy atom. The molecule has 6 nitrogen and oxygen atoms in total. The molecule has 3 aliphatic rings. The fourth-order valence-electron chi connectivity index (χ4n) is 5.06. The van der Waals surface area contributed by atoms with Crippen molar-refractivity contribution in [1.82, 2.24) is 0 Å². The molecule has 2 fully saturated rings. The van der Waals surface area contributed by atoms with Gasteiger partial charge in [-0.25, -0.2) is 0 Å². The molecule has 1 heterocycles. The molecule has 0 aromatic rings. The van der Waals surface area contributed by atoms with E-state index in [-0.39, 0.29) is 24.9 Å². The lowest BCUT2D eigenvalue weighted by Gasteiger charge is -2.33. The number of ether oxygens (including phenoxy) is 4. The number of allylic oxidation sites excluding steroid dienone is 4. The maximum absolute atomic E-state index is 10.7. The highest BCUT2D eigenvalue weighted by Gasteiger charge is 2.49. The number of carbonyl (C=O) groups is 1. The first-order chi connectivity index (χ1) is 14.1. The van der Waals surface area contributed by atoms with Gasteiger partial charge in [-0.05, 0) is 57.3 Å². The summed E-state index contributed by atoms with van der Waals surface area (Å²) in [7, 11) is 1.69. The molecule has 0 bridgehead atoms. The zero-order valence-electron chi connectivity index (χ0n) is 17.8. The third kappa shape index (κ3) is 6.38. The summed E-state index contributed by atoms with van der Waals surface area (Å²) in [5, 5.41) is 8.79. The summed E-state index contributed by atoms with van der Waals surface area (Å²) in [6.45, 7) is 4.13. The van der Waals surface area contributed by atoms with Crippen LogP contribution < -0.4 is 0 Å². The Hall–Kier alpha value is -1.21. The molecule has 164 valence electrons. The molecule has 1 N–H and O–H groups in total. The van der Waals surface area contributed by atoms with Gasteiger partial charge in [-0.15, -0.1) is 0 Å². The van der Waals surface area contributed by atoms with E-state index in [9.17, 15) is 4.79 Å². The second-order valence-corrected chi connectivity index (χ2v) is 8.46. The maximum Gasteiger partial charge on any atom is 0.303 e. The molecule has 0 radical (unpaired) electrons. The zero-order valence-corrected chi connectivity index (χ0v) is 17.8. The van der Waals surface area contributed by atoms with E-state index < -0.39 is 5.97 Å². The second-order valence-electron chi connectivity index (χ2n) is 8.46. The lowest BCUT2D eigenvalue weighted by molar-refractivity contribution is -0.204. The quantitative estimate of drug-likeness (QED) is 0.522. The Kier molecular flexibility index (Phi) is 8.72. The van der Waals surface area contributed by atoms with Crippen LogP contribution in [0.5, 0.6) is 0 Å². The van der Waals surface area contributed by atoms with Crippen molar-refractivity contribution in [1.29, 1.82) is 0 Å². The van der Waals surface area contributed by atoms with E-state index in [1.54, 1.807) is 7.11 Å². The third-order valence-electron chi connectivity index (χ3n) is 6.41. The predicted octanol–water partition coefficient (Wildman–Crippen LogP) is 3.95. The second kappa shape index (κ2) is 11.3. The van der Waals surface area contributed by atoms with Crippen LogP contribution in [0.4, 0.5) is 0 Å². The van der Waals surface area contributed by atoms with Crippen LogP contribution in [-0.4, -0.2) is 56.5 Å². The highest BCUT2D eigenvalue weighted by Crippen LogP contribution is 2.50. The van der Waals surface area contributed by atoms with Gasteiger partial charge in [0.05, 0.1) is 25.4 Å². The van der Waals surface area contributed by atoms with E-state index in [1.165, 1.54) is 12.0 Å². The molecule has 1 saturated carbocycles. The first kappa shape index (κ1) is 22.5. The summed E-state index contributed by atoms with van der Waals surface area (Å²) in [4.78, 5) is 10.7. The Morgan fingerprint density at radius 3 is 2.97 bits per heavy atom. The summed E-state index contributed by atoms with van der Waals surface area (Å²) in [6, 6.07) is 0. The first-order valence-electron chi connectivity index (χ1n) is 11.0. The van der Waals surface area contributed by atoms with Gasteiger partial charge in [0.25, 0.3) is 0 Å². The average molecular weight is 409 g/mol. The molecular weight excluding hydrogens is 372 g/mol. The zero-order chi connectivity index (χ0) is 20.6. The molecule has 0 amide bonds. The average Bonchev–Trinajstić information content (AvgIpc) is 3.22. The molecule has 29 heavy (non-hydrogen) atoms. The molecule has 3 rings (SSSR count). The minimum absolute atomic E-state index is 0.0828. The number of rotatable bonds is 11. The van der Waals surface area contributed by atoms with Crippen molar-refractivity contribution in [3.63, 3.8) is 0 Å². The highest BCUT2D eigenvalue weighted by atomic mass is 16.7. The number of fused-ring (bicyclic) bond motifs is 1. The summed E-state index contributed by atoms with van der Waals surface area (Å²) in [5.74, 6) is 0.559. The van der Waals surface area contributed by atoms with Crippen molar-refractivity contribution in [2.24, 2.45) is 17.8 Å². The summed E-state index contributed by atoms with van der Waals surface area (Å²) < 4.78 is 23.5. The van der Waals surface area contributed by atoms with Gasteiger partial charge in [-0.3, -0.25) is 4.79 Å². The van der Waals surface area contributed by atoms with E-state index >= 15 is 0 Å². The fourth-order valence-corrected chi connectivity index (χ4v) is 5.06. The Morgan fingerprint density at radius 2 is 2.24 bits per heavy atom. The van der Waals surface area contributed by atoms with Gasteiger partial charge < -0.3 is 24.1 Å². The van der Waals surface area contributed by atoms with Crippen molar-refractivity contribution in [2.45, 2.75) is 70.4 Å². The first-order valence-corrected chi connectivity index (χ1v) is 11.0. The topological polar surface area (TPSA) is 74.2 Å². The summed E-state index contributed by atoms with van der Waals surface area (Å²) in [5.41, 5.74) is 1.31. The number of hydrogen-bond donors (Lipinski definition) is 1. The van der Waals surface area contributed by atoms with Gasteiger partial charge in [0.2, 0.25) is 0 Å². The Bertz CT molecular complexity index is 580. The Balaban J connectivity index is 1.62. The van der Waals surface area contributed by atoms with Gasteiger partial charge in [0.1, 0.15) is 0 Å². The molecule has 6 atom stereocenters. The lowest BCUT2D eigenvalue weighted by Crippen LogP contribution is -2.37. The van der Waals surface area contributed by atoms with E-state index in [0.29, 0.717) is 37.4 Å². The van der Waals surface area contributed by atoms with Crippen LogP contribution in [0, 0.1) is 17.8 Å². The Labute approximate surface area is 174 Å². The largest absolute Gasteiger partial charge is 0.481 e. The van der Waals surface area contributed by atoms with Gasteiger partial charge in [-0.2, -0.15) is 0 Å². The smallest absolute Gasteiger partial charge is 0.303 e. The van der Waals surface area contributed by atoms with Crippen LogP contribution in [0.15, 0.2) is 23.8 Å². The molecular formula is C23H36O6. The van der Waals surface area contributed by atoms with Gasteiger partial charge >= 0.3 is 5.97 Å². The van der Waals surface area contributed by atoms with Crippen molar-refractivity contribution in [3.05, 3.63) is 23.8 Å². The third-order valence-corrected chi connectivity index (χ3v) is 6.41. The van der Waals surface area contributed by atoms with Crippen molar-refractivity contribution < 1.29 is 28.8 Å². The minimum Gasteiger partial charge on any atom is -0.481 e. The van der Waals surface area contributed by atoms with E-state index in [0.717, 1.165) is 32.3 Å². The SMILES string of the molecule is COCCOC(C)C1C(OC2CCCCO2)CC2C=C(C=CCCC(=O)O)CC21. The standard InChI is InChI=1S/C23H36O6/c1-16(27-12-11-26-2)23-19-14-17(7-3-4-8-21(24)25)13-18(19)15-20(23)29-22-9-5-6-10-28-22/h3,7,13,16,18-20,22-23H,4-6,8-12,14-15H2,1-2H3,(H,24,25). The van der Waals surface area contributed by atoms with Crippen LogP contribution in [0.3, 0.4) is 0 Å². The normalized spacial score (nSPS) is 33.0. The van der Waals surface area contributed by atoms with Crippen LogP contribution in [0.25, 0.3) is 0 Å². The van der Waals surface area contributed by atoms with Crippen LogP contribution in [0.2, 0.25) is 0 Å². The fraction of sp³-hybridized carbons (Fsp3) is 0.783. The number of methoxy groups -OCH3 is 1. The van der Waals surface area contributed by atoms with E-state index in [2.05, 4.69) is 19.1 Å². The molecule has 0 aromatic heterocycles. The van der Waals surface area contributed by atoms with E-state index in [1.807, 2.05) is 6.08 Å². The number of aliphatic carboxylic acids is 1. The molecule has 0 aromatic carbocycles. The van der Waals surface area contributed by atoms with Crippen molar-refractivity contribution >= 4 is 5.97 Å². The predicted molar refractivity (Wildman–Crippen MR) is 110 cm³/mol. The van der Waals surface area contributed by atoms with Crippen LogP contribution >= 0.6 is 0 Å². The minimum atomic E-state index is -0.751.